The number of nitrogens with one attached hydrogen (secondary N) is 1. The van der Waals surface area contributed by atoms with E-state index in [4.69, 9.17) is 25.8 Å². The van der Waals surface area contributed by atoms with Crippen LogP contribution in [0.2, 0.25) is 5.02 Å². The molecule has 2 aromatic rings. The third-order valence-electron chi connectivity index (χ3n) is 3.16. The quantitative estimate of drug-likeness (QED) is 0.643. The van der Waals surface area contributed by atoms with Crippen LogP contribution >= 0.6 is 11.6 Å². The largest absolute Gasteiger partial charge is 0.493 e. The van der Waals surface area contributed by atoms with Crippen molar-refractivity contribution >= 4 is 23.7 Å². The van der Waals surface area contributed by atoms with Crippen LogP contribution in [0.5, 0.6) is 17.2 Å². The molecule has 0 radical (unpaired) electrons. The van der Waals surface area contributed by atoms with E-state index < -0.39 is 5.91 Å². The Hall–Kier alpha value is -2.73. The highest BCUT2D eigenvalue weighted by molar-refractivity contribution is 6.30. The van der Waals surface area contributed by atoms with Gasteiger partial charge in [-0.25, -0.2) is 5.43 Å². The number of hydrogen-bond acceptors (Lipinski definition) is 5. The summed E-state index contributed by atoms with van der Waals surface area (Å²) in [6.45, 7) is 0. The molecule has 24 heavy (non-hydrogen) atoms. The van der Waals surface area contributed by atoms with Gasteiger partial charge >= 0.3 is 0 Å². The molecule has 1 N–H and O–H groups in total. The van der Waals surface area contributed by atoms with Gasteiger partial charge in [-0.05, 0) is 29.8 Å². The number of ether oxygens (including phenoxy) is 3. The Morgan fingerprint density at radius 2 is 1.75 bits per heavy atom. The molecule has 0 bridgehead atoms. The van der Waals surface area contributed by atoms with E-state index in [1.54, 1.807) is 30.3 Å². The van der Waals surface area contributed by atoms with Crippen LogP contribution in [0.25, 0.3) is 0 Å². The topological polar surface area (TPSA) is 69.2 Å². The third-order valence-corrected chi connectivity index (χ3v) is 3.39. The standard InChI is InChI=1S/C17H17ClN2O4/c1-22-14-8-12(9-15(23-2)16(14)24-3)17(21)20-19-10-11-5-4-6-13(18)7-11/h4-10H,1-3H3,(H,20,21)/b19-10+. The van der Waals surface area contributed by atoms with E-state index >= 15 is 0 Å². The van der Waals surface area contributed by atoms with Crippen molar-refractivity contribution in [1.29, 1.82) is 0 Å². The summed E-state index contributed by atoms with van der Waals surface area (Å²) in [4.78, 5) is 12.2. The maximum absolute atomic E-state index is 12.2. The van der Waals surface area contributed by atoms with Gasteiger partial charge in [0, 0.05) is 10.6 Å². The SMILES string of the molecule is COc1cc(C(=O)N/N=C/c2cccc(Cl)c2)cc(OC)c1OC. The fourth-order valence-corrected chi connectivity index (χ4v) is 2.23. The number of carbonyl (C=O) groups excluding carboxylic acids is 1. The molecule has 126 valence electrons. The van der Waals surface area contributed by atoms with Crippen LogP contribution in [0.3, 0.4) is 0 Å². The van der Waals surface area contributed by atoms with E-state index in [2.05, 4.69) is 10.5 Å². The molecule has 0 fully saturated rings. The van der Waals surface area contributed by atoms with Crippen molar-refractivity contribution in [2.45, 2.75) is 0 Å². The number of carbonyl (C=O) groups is 1. The van der Waals surface area contributed by atoms with Gasteiger partial charge < -0.3 is 14.2 Å². The van der Waals surface area contributed by atoms with E-state index in [-0.39, 0.29) is 0 Å². The second-order valence-corrected chi connectivity index (χ2v) is 5.10. The van der Waals surface area contributed by atoms with Gasteiger partial charge in [-0.3, -0.25) is 4.79 Å². The molecule has 0 saturated heterocycles. The Balaban J connectivity index is 2.17. The van der Waals surface area contributed by atoms with Gasteiger partial charge in [-0.1, -0.05) is 23.7 Å². The molecule has 0 unspecified atom stereocenters. The summed E-state index contributed by atoms with van der Waals surface area (Å²) < 4.78 is 15.7. The molecular formula is C17H17ClN2O4. The van der Waals surface area contributed by atoms with Crippen molar-refractivity contribution in [2.75, 3.05) is 21.3 Å². The van der Waals surface area contributed by atoms with Gasteiger partial charge in [0.1, 0.15) is 0 Å². The lowest BCUT2D eigenvalue weighted by atomic mass is 10.1. The highest BCUT2D eigenvalue weighted by atomic mass is 35.5. The number of hydrogen-bond donors (Lipinski definition) is 1. The Bertz CT molecular complexity index is 737. The fourth-order valence-electron chi connectivity index (χ4n) is 2.03. The molecule has 0 heterocycles. The van der Waals surface area contributed by atoms with Crippen molar-refractivity contribution in [2.24, 2.45) is 5.10 Å². The van der Waals surface area contributed by atoms with Crippen molar-refractivity contribution in [3.8, 4) is 17.2 Å². The molecule has 2 aromatic carbocycles. The lowest BCUT2D eigenvalue weighted by Crippen LogP contribution is -2.18. The number of rotatable bonds is 6. The number of amides is 1. The first-order valence-corrected chi connectivity index (χ1v) is 7.35. The monoisotopic (exact) mass is 348 g/mol. The minimum absolute atomic E-state index is 0.327. The van der Waals surface area contributed by atoms with Gasteiger partial charge in [-0.15, -0.1) is 0 Å². The maximum atomic E-state index is 12.2. The minimum atomic E-state index is -0.410. The number of methoxy groups -OCH3 is 3. The first kappa shape index (κ1) is 17.6. The normalized spacial score (nSPS) is 10.5. The number of halogens is 1. The van der Waals surface area contributed by atoms with E-state index in [9.17, 15) is 4.79 Å². The van der Waals surface area contributed by atoms with E-state index in [1.807, 2.05) is 6.07 Å². The number of benzene rings is 2. The maximum Gasteiger partial charge on any atom is 0.271 e. The molecule has 0 spiro atoms. The zero-order chi connectivity index (χ0) is 17.5. The zero-order valence-corrected chi connectivity index (χ0v) is 14.3. The van der Waals surface area contributed by atoms with Crippen LogP contribution in [-0.4, -0.2) is 33.5 Å². The van der Waals surface area contributed by atoms with Crippen LogP contribution in [-0.2, 0) is 0 Å². The predicted molar refractivity (Wildman–Crippen MR) is 92.6 cm³/mol. The third kappa shape index (κ3) is 4.17. The van der Waals surface area contributed by atoms with Crippen LogP contribution in [0.15, 0.2) is 41.5 Å². The van der Waals surface area contributed by atoms with Crippen molar-refractivity contribution in [3.63, 3.8) is 0 Å². The van der Waals surface area contributed by atoms with Crippen molar-refractivity contribution in [3.05, 3.63) is 52.5 Å². The summed E-state index contributed by atoms with van der Waals surface area (Å²) in [6, 6.07) is 10.2. The fraction of sp³-hybridized carbons (Fsp3) is 0.176. The lowest BCUT2D eigenvalue weighted by Gasteiger charge is -2.13. The molecule has 0 aliphatic heterocycles. The van der Waals surface area contributed by atoms with Crippen molar-refractivity contribution < 1.29 is 19.0 Å². The first-order valence-electron chi connectivity index (χ1n) is 6.98. The minimum Gasteiger partial charge on any atom is -0.493 e. The summed E-state index contributed by atoms with van der Waals surface area (Å²) in [6.07, 6.45) is 1.50. The van der Waals surface area contributed by atoms with E-state index in [0.29, 0.717) is 27.8 Å². The smallest absolute Gasteiger partial charge is 0.271 e. The van der Waals surface area contributed by atoms with Gasteiger partial charge in [-0.2, -0.15) is 5.10 Å². The molecule has 7 heteroatoms. The summed E-state index contributed by atoms with van der Waals surface area (Å²) in [5.41, 5.74) is 3.54. The number of nitrogens with zero attached hydrogens (tertiary/aromatic N) is 1. The molecule has 1 amide bonds. The highest BCUT2D eigenvalue weighted by Gasteiger charge is 2.16. The Labute approximate surface area is 145 Å². The van der Waals surface area contributed by atoms with Gasteiger partial charge in [0.15, 0.2) is 11.5 Å². The molecule has 0 aliphatic carbocycles. The molecule has 0 atom stereocenters. The van der Waals surface area contributed by atoms with Gasteiger partial charge in [0.05, 0.1) is 27.5 Å². The highest BCUT2D eigenvalue weighted by Crippen LogP contribution is 2.38. The van der Waals surface area contributed by atoms with Crippen LogP contribution in [0, 0.1) is 0 Å². The van der Waals surface area contributed by atoms with Crippen LogP contribution in [0.4, 0.5) is 0 Å². The Morgan fingerprint density at radius 3 is 2.29 bits per heavy atom. The van der Waals surface area contributed by atoms with Crippen molar-refractivity contribution in [1.82, 2.24) is 5.43 Å². The first-order chi connectivity index (χ1) is 11.6. The molecule has 6 nitrogen and oxygen atoms in total. The van der Waals surface area contributed by atoms with E-state index in [0.717, 1.165) is 5.56 Å². The average molecular weight is 349 g/mol. The summed E-state index contributed by atoms with van der Waals surface area (Å²) >= 11 is 5.89. The molecule has 0 aliphatic rings. The Morgan fingerprint density at radius 1 is 1.08 bits per heavy atom. The summed E-state index contributed by atoms with van der Waals surface area (Å²) in [5, 5.41) is 4.51. The summed E-state index contributed by atoms with van der Waals surface area (Å²) in [7, 11) is 4.46. The zero-order valence-electron chi connectivity index (χ0n) is 13.5. The molecule has 0 saturated carbocycles. The molecular weight excluding hydrogens is 332 g/mol. The van der Waals surface area contributed by atoms with Crippen LogP contribution < -0.4 is 19.6 Å². The van der Waals surface area contributed by atoms with E-state index in [1.165, 1.54) is 27.5 Å². The second kappa shape index (κ2) is 8.21. The molecule has 2 rings (SSSR count). The average Bonchev–Trinajstić information content (AvgIpc) is 2.60. The van der Waals surface area contributed by atoms with Gasteiger partial charge in [0.2, 0.25) is 5.75 Å². The summed E-state index contributed by atoms with van der Waals surface area (Å²) in [5.74, 6) is 0.785. The number of hydrazone groups is 1. The second-order valence-electron chi connectivity index (χ2n) is 4.67. The van der Waals surface area contributed by atoms with Gasteiger partial charge in [0.25, 0.3) is 5.91 Å². The lowest BCUT2D eigenvalue weighted by molar-refractivity contribution is 0.0954. The Kier molecular flexibility index (Phi) is 6.03. The predicted octanol–water partition coefficient (Wildman–Crippen LogP) is 3.13. The van der Waals surface area contributed by atoms with Crippen LogP contribution in [0.1, 0.15) is 15.9 Å². The molecule has 0 aromatic heterocycles.